The zero-order chi connectivity index (χ0) is 21.5. The van der Waals surface area contributed by atoms with Gasteiger partial charge in [-0.2, -0.15) is 0 Å². The number of nitrogens with zero attached hydrogens (tertiary/aromatic N) is 2. The van der Waals surface area contributed by atoms with Gasteiger partial charge in [-0.3, -0.25) is 4.90 Å². The fourth-order valence-electron chi connectivity index (χ4n) is 5.07. The molecule has 5 heteroatoms. The average molecular weight is 424 g/mol. The van der Waals surface area contributed by atoms with E-state index >= 15 is 0 Å². The first-order valence-corrected chi connectivity index (χ1v) is 12.0. The molecule has 0 spiro atoms. The highest BCUT2D eigenvalue weighted by atomic mass is 16.6. The molecule has 1 saturated heterocycles. The number of amides is 1. The number of carbonyl (C=O) groups excluding carboxylic acids is 1. The third-order valence-electron chi connectivity index (χ3n) is 7.10. The smallest absolute Gasteiger partial charge is 0.393 e. The number of rotatable bonds is 7. The van der Waals surface area contributed by atoms with Crippen LogP contribution in [0.2, 0.25) is 0 Å². The molecule has 1 aromatic heterocycles. The number of ether oxygens (including phenoxy) is 1. The van der Waals surface area contributed by atoms with Crippen LogP contribution in [-0.4, -0.2) is 35.2 Å². The maximum atomic E-state index is 12.2. The van der Waals surface area contributed by atoms with Gasteiger partial charge in [0, 0.05) is 31.9 Å². The van der Waals surface area contributed by atoms with Gasteiger partial charge in [-0.05, 0) is 68.7 Å². The van der Waals surface area contributed by atoms with Gasteiger partial charge < -0.3 is 14.6 Å². The summed E-state index contributed by atoms with van der Waals surface area (Å²) >= 11 is 0. The normalized spacial score (nSPS) is 18.7. The van der Waals surface area contributed by atoms with E-state index < -0.39 is 0 Å². The first-order chi connectivity index (χ1) is 15.2. The molecular weight excluding hydrogens is 386 g/mol. The van der Waals surface area contributed by atoms with Crippen molar-refractivity contribution in [1.29, 1.82) is 0 Å². The highest BCUT2D eigenvalue weighted by Gasteiger charge is 2.21. The van der Waals surface area contributed by atoms with E-state index in [-0.39, 0.29) is 6.09 Å². The average Bonchev–Trinajstić information content (AvgIpc) is 3.14. The zero-order valence-electron chi connectivity index (χ0n) is 18.9. The predicted octanol–water partition coefficient (Wildman–Crippen LogP) is 5.15. The number of hydrogen-bond acceptors (Lipinski definition) is 3. The first kappa shape index (κ1) is 21.9. The summed E-state index contributed by atoms with van der Waals surface area (Å²) in [5.41, 5.74) is 2.64. The number of hydrogen-bond donors (Lipinski definition) is 1. The predicted molar refractivity (Wildman–Crippen MR) is 124 cm³/mol. The summed E-state index contributed by atoms with van der Waals surface area (Å²) < 4.78 is 7.59. The lowest BCUT2D eigenvalue weighted by atomic mass is 9.89. The molecule has 168 valence electrons. The van der Waals surface area contributed by atoms with Gasteiger partial charge in [0.15, 0.2) is 0 Å². The molecule has 0 unspecified atom stereocenters. The maximum Gasteiger partial charge on any atom is 0.413 e. The van der Waals surface area contributed by atoms with E-state index in [2.05, 4.69) is 46.6 Å². The van der Waals surface area contributed by atoms with Crippen molar-refractivity contribution < 1.29 is 9.53 Å². The molecule has 1 saturated carbocycles. The molecule has 31 heavy (non-hydrogen) atoms. The number of likely N-dealkylation sites (tertiary alicyclic amines) is 1. The standard InChI is InChI=1S/C26H37N3O2/c1-28-24(12-13-25(28)31-26(30)27-19-23-10-6-3-7-11-23)20-29-16-14-22(15-17-29)18-21-8-4-2-5-9-21/h2,4-5,8-9,12-13,22-23H,3,6-7,10-11,14-20H2,1H3,(H,27,30). The Kier molecular flexibility index (Phi) is 7.68. The molecular formula is C26H37N3O2. The van der Waals surface area contributed by atoms with Crippen LogP contribution in [0.15, 0.2) is 42.5 Å². The fraction of sp³-hybridized carbons (Fsp3) is 0.577. The van der Waals surface area contributed by atoms with Gasteiger partial charge >= 0.3 is 6.09 Å². The van der Waals surface area contributed by atoms with Crippen molar-refractivity contribution in [1.82, 2.24) is 14.8 Å². The molecule has 0 atom stereocenters. The van der Waals surface area contributed by atoms with E-state index in [0.29, 0.717) is 11.8 Å². The minimum absolute atomic E-state index is 0.333. The van der Waals surface area contributed by atoms with Gasteiger partial charge in [0.1, 0.15) is 0 Å². The highest BCUT2D eigenvalue weighted by Crippen LogP contribution is 2.25. The van der Waals surface area contributed by atoms with Gasteiger partial charge in [0.05, 0.1) is 0 Å². The molecule has 2 heterocycles. The SMILES string of the molecule is Cn1c(CN2CCC(Cc3ccccc3)CC2)ccc1OC(=O)NCC1CCCCC1. The Labute approximate surface area is 186 Å². The Bertz CT molecular complexity index is 818. The summed E-state index contributed by atoms with van der Waals surface area (Å²) in [6.07, 6.45) is 9.68. The fourth-order valence-corrected chi connectivity index (χ4v) is 5.07. The topological polar surface area (TPSA) is 46.5 Å². The minimum atomic E-state index is -0.333. The molecule has 5 nitrogen and oxygen atoms in total. The largest absolute Gasteiger partial charge is 0.413 e. The molecule has 0 bridgehead atoms. The molecule has 2 fully saturated rings. The Balaban J connectivity index is 1.21. The van der Waals surface area contributed by atoms with Crippen molar-refractivity contribution in [2.24, 2.45) is 18.9 Å². The molecule has 0 radical (unpaired) electrons. The number of carbonyl (C=O) groups is 1. The monoisotopic (exact) mass is 423 g/mol. The maximum absolute atomic E-state index is 12.2. The van der Waals surface area contributed by atoms with E-state index in [1.54, 1.807) is 0 Å². The van der Waals surface area contributed by atoms with Crippen molar-refractivity contribution in [3.63, 3.8) is 0 Å². The van der Waals surface area contributed by atoms with Crippen LogP contribution in [0.1, 0.15) is 56.2 Å². The lowest BCUT2D eigenvalue weighted by molar-refractivity contribution is 0.172. The Morgan fingerprint density at radius 2 is 1.71 bits per heavy atom. The van der Waals surface area contributed by atoms with E-state index in [9.17, 15) is 4.79 Å². The van der Waals surface area contributed by atoms with Crippen LogP contribution in [0.25, 0.3) is 0 Å². The summed E-state index contributed by atoms with van der Waals surface area (Å²) in [6.45, 7) is 3.89. The quantitative estimate of drug-likeness (QED) is 0.670. The van der Waals surface area contributed by atoms with Crippen LogP contribution >= 0.6 is 0 Å². The van der Waals surface area contributed by atoms with Crippen LogP contribution in [0, 0.1) is 11.8 Å². The van der Waals surface area contributed by atoms with Crippen molar-refractivity contribution in [3.8, 4) is 5.88 Å². The molecule has 1 amide bonds. The summed E-state index contributed by atoms with van der Waals surface area (Å²) in [5, 5.41) is 2.96. The van der Waals surface area contributed by atoms with Gasteiger partial charge in [-0.15, -0.1) is 0 Å². The molecule has 2 aliphatic rings. The Hall–Kier alpha value is -2.27. The van der Waals surface area contributed by atoms with Crippen LogP contribution in [-0.2, 0) is 20.0 Å². The second-order valence-corrected chi connectivity index (χ2v) is 9.41. The lowest BCUT2D eigenvalue weighted by Crippen LogP contribution is -2.34. The number of nitrogens with one attached hydrogen (secondary N) is 1. The van der Waals surface area contributed by atoms with Crippen molar-refractivity contribution in [2.45, 2.75) is 57.9 Å². The third-order valence-corrected chi connectivity index (χ3v) is 7.10. The number of piperidine rings is 1. The Morgan fingerprint density at radius 3 is 2.45 bits per heavy atom. The van der Waals surface area contributed by atoms with Gasteiger partial charge in [-0.25, -0.2) is 4.79 Å². The second kappa shape index (κ2) is 10.9. The van der Waals surface area contributed by atoms with Crippen LogP contribution in [0.4, 0.5) is 4.79 Å². The van der Waals surface area contributed by atoms with Crippen LogP contribution in [0.5, 0.6) is 5.88 Å². The molecule has 2 aromatic rings. The van der Waals surface area contributed by atoms with E-state index in [1.807, 2.05) is 17.7 Å². The van der Waals surface area contributed by atoms with Crippen molar-refractivity contribution in [2.75, 3.05) is 19.6 Å². The summed E-state index contributed by atoms with van der Waals surface area (Å²) in [4.78, 5) is 14.8. The third kappa shape index (κ3) is 6.36. The van der Waals surface area contributed by atoms with E-state index in [0.717, 1.165) is 32.1 Å². The van der Waals surface area contributed by atoms with Gasteiger partial charge in [-0.1, -0.05) is 49.6 Å². The number of aromatic nitrogens is 1. The molecule has 4 rings (SSSR count). The number of benzene rings is 1. The van der Waals surface area contributed by atoms with Crippen LogP contribution < -0.4 is 10.1 Å². The molecule has 1 aliphatic carbocycles. The lowest BCUT2D eigenvalue weighted by Gasteiger charge is -2.32. The molecule has 1 aromatic carbocycles. The highest BCUT2D eigenvalue weighted by molar-refractivity contribution is 5.69. The van der Waals surface area contributed by atoms with E-state index in [1.165, 1.54) is 62.6 Å². The zero-order valence-corrected chi connectivity index (χ0v) is 18.9. The minimum Gasteiger partial charge on any atom is -0.393 e. The first-order valence-electron chi connectivity index (χ1n) is 12.0. The second-order valence-electron chi connectivity index (χ2n) is 9.41. The van der Waals surface area contributed by atoms with Gasteiger partial charge in [0.25, 0.3) is 0 Å². The van der Waals surface area contributed by atoms with Crippen molar-refractivity contribution >= 4 is 6.09 Å². The summed E-state index contributed by atoms with van der Waals surface area (Å²) in [7, 11) is 1.99. The van der Waals surface area contributed by atoms with E-state index in [4.69, 9.17) is 4.74 Å². The van der Waals surface area contributed by atoms with Gasteiger partial charge in [0.2, 0.25) is 5.88 Å². The van der Waals surface area contributed by atoms with Crippen molar-refractivity contribution in [3.05, 3.63) is 53.7 Å². The molecule has 1 aliphatic heterocycles. The molecule has 1 N–H and O–H groups in total. The Morgan fingerprint density at radius 1 is 0.968 bits per heavy atom. The van der Waals surface area contributed by atoms with Crippen LogP contribution in [0.3, 0.4) is 0 Å². The summed E-state index contributed by atoms with van der Waals surface area (Å²) in [5.74, 6) is 2.00. The summed E-state index contributed by atoms with van der Waals surface area (Å²) in [6, 6.07) is 14.8.